The van der Waals surface area contributed by atoms with Crippen LogP contribution in [0.2, 0.25) is 0 Å². The summed E-state index contributed by atoms with van der Waals surface area (Å²) in [4.78, 5) is 12.8. The van der Waals surface area contributed by atoms with Crippen LogP contribution in [0.15, 0.2) is 218 Å². The quantitative estimate of drug-likeness (QED) is 0.147. The van der Waals surface area contributed by atoms with Crippen LogP contribution < -0.4 is 0 Å². The second kappa shape index (κ2) is 20.3. The first-order valence-electron chi connectivity index (χ1n) is 21.3. The zero-order valence-corrected chi connectivity index (χ0v) is 36.7. The number of carbonyl (C=O) groups excluding carboxylic acids is 1. The first-order chi connectivity index (χ1) is 30.1. The van der Waals surface area contributed by atoms with Gasteiger partial charge >= 0.3 is 0 Å². The predicted octanol–water partition coefficient (Wildman–Crippen LogP) is 16.5. The van der Waals surface area contributed by atoms with Crippen molar-refractivity contribution in [2.75, 3.05) is 0 Å². The SMILES string of the molecule is Cc1ccc(-c2ccc(-c3ccc(C)cc3)cc2)cc1.Cc1ccc(-c2ccc(C(=O)c3ccc(-c4ccc(C)cc4)cc3)cc2)cc1.Cc1ccc(-c2ccc(C)cc2)cc1. The van der Waals surface area contributed by atoms with E-state index in [0.717, 1.165) is 22.3 Å². The number of hydrogen-bond donors (Lipinski definition) is 0. The van der Waals surface area contributed by atoms with Gasteiger partial charge in [-0.1, -0.05) is 252 Å². The third-order valence-corrected chi connectivity index (χ3v) is 11.2. The number of benzene rings is 9. The molecule has 0 radical (unpaired) electrons. The molecule has 0 amide bonds. The maximum atomic E-state index is 12.8. The summed E-state index contributed by atoms with van der Waals surface area (Å²) in [5.41, 5.74) is 21.3. The molecular formula is C61H54O. The van der Waals surface area contributed by atoms with Gasteiger partial charge in [0.05, 0.1) is 0 Å². The van der Waals surface area contributed by atoms with Gasteiger partial charge in [0.2, 0.25) is 0 Å². The lowest BCUT2D eigenvalue weighted by Gasteiger charge is -2.07. The second-order valence-corrected chi connectivity index (χ2v) is 16.3. The number of hydrogen-bond acceptors (Lipinski definition) is 1. The minimum Gasteiger partial charge on any atom is -0.289 e. The fourth-order valence-electron chi connectivity index (χ4n) is 7.13. The summed E-state index contributed by atoms with van der Waals surface area (Å²) >= 11 is 0. The van der Waals surface area contributed by atoms with Crippen LogP contribution in [0.5, 0.6) is 0 Å². The molecule has 0 aliphatic rings. The highest BCUT2D eigenvalue weighted by Gasteiger charge is 2.10. The Morgan fingerprint density at radius 3 is 0.452 bits per heavy atom. The fraction of sp³-hybridized carbons (Fsp3) is 0.0984. The van der Waals surface area contributed by atoms with Crippen molar-refractivity contribution in [3.63, 3.8) is 0 Å². The monoisotopic (exact) mass is 802 g/mol. The lowest BCUT2D eigenvalue weighted by Crippen LogP contribution is -2.00. The third-order valence-electron chi connectivity index (χ3n) is 11.2. The van der Waals surface area contributed by atoms with E-state index in [1.54, 1.807) is 0 Å². The molecule has 62 heavy (non-hydrogen) atoms. The Balaban J connectivity index is 0.000000149. The molecule has 0 atom stereocenters. The van der Waals surface area contributed by atoms with Crippen molar-refractivity contribution in [3.05, 3.63) is 263 Å². The number of aryl methyl sites for hydroxylation is 6. The van der Waals surface area contributed by atoms with E-state index < -0.39 is 0 Å². The molecule has 0 heterocycles. The molecule has 0 fully saturated rings. The van der Waals surface area contributed by atoms with Crippen LogP contribution in [0, 0.1) is 41.5 Å². The van der Waals surface area contributed by atoms with Crippen molar-refractivity contribution in [1.82, 2.24) is 0 Å². The molecular weight excluding hydrogens is 749 g/mol. The molecule has 9 rings (SSSR count). The molecule has 0 aromatic heterocycles. The largest absolute Gasteiger partial charge is 0.289 e. The number of ketones is 1. The Morgan fingerprint density at radius 1 is 0.194 bits per heavy atom. The van der Waals surface area contributed by atoms with E-state index in [2.05, 4.69) is 211 Å². The van der Waals surface area contributed by atoms with Crippen molar-refractivity contribution < 1.29 is 4.79 Å². The summed E-state index contributed by atoms with van der Waals surface area (Å²) in [6.07, 6.45) is 0. The van der Waals surface area contributed by atoms with Crippen molar-refractivity contribution in [3.8, 4) is 55.6 Å². The summed E-state index contributed by atoms with van der Waals surface area (Å²) in [7, 11) is 0. The van der Waals surface area contributed by atoms with Gasteiger partial charge in [-0.25, -0.2) is 0 Å². The minimum absolute atomic E-state index is 0.0471. The highest BCUT2D eigenvalue weighted by atomic mass is 16.1. The van der Waals surface area contributed by atoms with Crippen molar-refractivity contribution in [2.24, 2.45) is 0 Å². The van der Waals surface area contributed by atoms with Crippen LogP contribution >= 0.6 is 0 Å². The van der Waals surface area contributed by atoms with Crippen LogP contribution in [0.25, 0.3) is 55.6 Å². The lowest BCUT2D eigenvalue weighted by molar-refractivity contribution is 0.103. The minimum atomic E-state index is 0.0471. The average molecular weight is 803 g/mol. The van der Waals surface area contributed by atoms with E-state index >= 15 is 0 Å². The summed E-state index contributed by atoms with van der Waals surface area (Å²) in [5.74, 6) is 0.0471. The van der Waals surface area contributed by atoms with Crippen LogP contribution in [0.4, 0.5) is 0 Å². The first kappa shape index (κ1) is 42.8. The molecule has 0 aliphatic carbocycles. The summed E-state index contributed by atoms with van der Waals surface area (Å²) in [6, 6.07) is 75.9. The highest BCUT2D eigenvalue weighted by molar-refractivity contribution is 6.09. The second-order valence-electron chi connectivity index (χ2n) is 16.3. The van der Waals surface area contributed by atoms with Gasteiger partial charge in [-0.15, -0.1) is 0 Å². The molecule has 304 valence electrons. The fourth-order valence-corrected chi connectivity index (χ4v) is 7.13. The van der Waals surface area contributed by atoms with Crippen LogP contribution in [-0.2, 0) is 0 Å². The van der Waals surface area contributed by atoms with Crippen LogP contribution in [0.3, 0.4) is 0 Å². The summed E-state index contributed by atoms with van der Waals surface area (Å²) in [5, 5.41) is 0. The Labute approximate surface area is 369 Å². The van der Waals surface area contributed by atoms with Gasteiger partial charge in [-0.2, -0.15) is 0 Å². The topological polar surface area (TPSA) is 17.1 Å². The number of carbonyl (C=O) groups is 1. The zero-order chi connectivity index (χ0) is 43.4. The molecule has 9 aromatic rings. The Morgan fingerprint density at radius 2 is 0.306 bits per heavy atom. The van der Waals surface area contributed by atoms with Crippen LogP contribution in [-0.4, -0.2) is 5.78 Å². The highest BCUT2D eigenvalue weighted by Crippen LogP contribution is 2.27. The maximum Gasteiger partial charge on any atom is 0.193 e. The van der Waals surface area contributed by atoms with Crippen molar-refractivity contribution in [2.45, 2.75) is 41.5 Å². The van der Waals surface area contributed by atoms with Crippen molar-refractivity contribution in [1.29, 1.82) is 0 Å². The molecule has 1 heteroatoms. The molecule has 1 nitrogen and oxygen atoms in total. The smallest absolute Gasteiger partial charge is 0.193 e. The normalized spacial score (nSPS) is 10.5. The molecule has 0 N–H and O–H groups in total. The van der Waals surface area contributed by atoms with Gasteiger partial charge in [0.25, 0.3) is 0 Å². The zero-order valence-electron chi connectivity index (χ0n) is 36.7. The van der Waals surface area contributed by atoms with E-state index in [4.69, 9.17) is 0 Å². The van der Waals surface area contributed by atoms with E-state index in [-0.39, 0.29) is 5.78 Å². The molecule has 0 saturated heterocycles. The maximum absolute atomic E-state index is 12.8. The average Bonchev–Trinajstić information content (AvgIpc) is 3.31. The van der Waals surface area contributed by atoms with Gasteiger partial charge in [-0.05, 0) is 97.2 Å². The molecule has 0 unspecified atom stereocenters. The lowest BCUT2D eigenvalue weighted by atomic mass is 9.97. The molecule has 0 spiro atoms. The predicted molar refractivity (Wildman–Crippen MR) is 265 cm³/mol. The van der Waals surface area contributed by atoms with E-state index in [1.165, 1.54) is 66.8 Å². The van der Waals surface area contributed by atoms with E-state index in [9.17, 15) is 4.79 Å². The molecule has 9 aromatic carbocycles. The molecule has 0 bridgehead atoms. The van der Waals surface area contributed by atoms with Gasteiger partial charge in [0.15, 0.2) is 5.78 Å². The van der Waals surface area contributed by atoms with Gasteiger partial charge < -0.3 is 0 Å². The van der Waals surface area contributed by atoms with Gasteiger partial charge in [-0.3, -0.25) is 4.79 Å². The Hall–Kier alpha value is -7.35. The third kappa shape index (κ3) is 11.5. The van der Waals surface area contributed by atoms with Gasteiger partial charge in [0.1, 0.15) is 0 Å². The Kier molecular flexibility index (Phi) is 14.0. The summed E-state index contributed by atoms with van der Waals surface area (Å²) < 4.78 is 0. The summed E-state index contributed by atoms with van der Waals surface area (Å²) in [6.45, 7) is 12.6. The first-order valence-corrected chi connectivity index (χ1v) is 21.3. The van der Waals surface area contributed by atoms with Gasteiger partial charge in [0, 0.05) is 11.1 Å². The molecule has 0 aliphatic heterocycles. The van der Waals surface area contributed by atoms with Crippen LogP contribution in [0.1, 0.15) is 49.3 Å². The molecule has 0 saturated carbocycles. The van der Waals surface area contributed by atoms with Crippen molar-refractivity contribution >= 4 is 5.78 Å². The van der Waals surface area contributed by atoms with E-state index in [1.807, 2.05) is 48.5 Å². The Bertz CT molecular complexity index is 2590. The number of rotatable bonds is 7. The van der Waals surface area contributed by atoms with E-state index in [0.29, 0.717) is 11.1 Å². The standard InChI is InChI=1S/C27H22O.C20H18.C14H14/c1-19-3-7-21(8-4-19)23-11-15-25(16-12-23)27(28)26-17-13-24(14-18-26)22-9-5-20(2)6-10-22;1-15-3-7-17(8-4-15)19-11-13-20(14-12-19)18-9-5-16(2)6-10-18;1-11-3-7-13(8-4-11)14-9-5-12(2)6-10-14/h3-18H,1-2H3;3-14H,1-2H3;3-10H,1-2H3.